The number of ether oxygens (including phenoxy) is 3. The van der Waals surface area contributed by atoms with Crippen molar-refractivity contribution in [2.45, 2.75) is 13.5 Å². The Balaban J connectivity index is 2.81. The van der Waals surface area contributed by atoms with Gasteiger partial charge in [-0.1, -0.05) is 12.7 Å². The minimum absolute atomic E-state index is 0.390. The minimum atomic E-state index is 0.390. The number of aromatic amines is 1. The van der Waals surface area contributed by atoms with Gasteiger partial charge in [0.15, 0.2) is 11.5 Å². The largest absolute Gasteiger partial charge is 0.493 e. The maximum atomic E-state index is 5.88. The van der Waals surface area contributed by atoms with Crippen LogP contribution in [0.5, 0.6) is 17.2 Å². The van der Waals surface area contributed by atoms with Crippen LogP contribution >= 0.6 is 0 Å². The third-order valence-electron chi connectivity index (χ3n) is 3.70. The van der Waals surface area contributed by atoms with Gasteiger partial charge in [-0.3, -0.25) is 0 Å². The molecule has 0 saturated heterocycles. The number of aryl methyl sites for hydroxylation is 1. The third-order valence-corrected chi connectivity index (χ3v) is 3.70. The van der Waals surface area contributed by atoms with Crippen molar-refractivity contribution in [2.24, 2.45) is 5.73 Å². The highest BCUT2D eigenvalue weighted by atomic mass is 16.5. The molecule has 0 spiro atoms. The van der Waals surface area contributed by atoms with Crippen LogP contribution in [0.25, 0.3) is 17.2 Å². The Morgan fingerprint density at radius 3 is 2.32 bits per heavy atom. The molecule has 1 aromatic heterocycles. The molecular weight excluding hydrogens is 280 g/mol. The molecule has 1 heterocycles. The van der Waals surface area contributed by atoms with Crippen LogP contribution in [0.2, 0.25) is 0 Å². The Hall–Kier alpha value is -2.40. The Morgan fingerprint density at radius 2 is 1.82 bits per heavy atom. The van der Waals surface area contributed by atoms with Gasteiger partial charge in [0.1, 0.15) is 0 Å². The number of benzene rings is 1. The van der Waals surface area contributed by atoms with Crippen molar-refractivity contribution in [3.63, 3.8) is 0 Å². The predicted octanol–water partition coefficient (Wildman–Crippen LogP) is 3.12. The topological polar surface area (TPSA) is 69.5 Å². The number of methoxy groups -OCH3 is 3. The summed E-state index contributed by atoms with van der Waals surface area (Å²) in [6.45, 7) is 6.28. The first-order valence-corrected chi connectivity index (χ1v) is 6.96. The molecule has 2 aromatic rings. The molecule has 0 unspecified atom stereocenters. The number of H-pyrrole nitrogens is 1. The molecule has 0 saturated carbocycles. The van der Waals surface area contributed by atoms with Gasteiger partial charge in [-0.05, 0) is 19.1 Å². The monoisotopic (exact) mass is 302 g/mol. The van der Waals surface area contributed by atoms with E-state index in [2.05, 4.69) is 11.6 Å². The third kappa shape index (κ3) is 2.44. The second-order valence-corrected chi connectivity index (χ2v) is 4.81. The van der Waals surface area contributed by atoms with Gasteiger partial charge >= 0.3 is 0 Å². The molecular formula is C17H22N2O3. The van der Waals surface area contributed by atoms with E-state index < -0.39 is 0 Å². The fraction of sp³-hybridized carbons (Fsp3) is 0.294. The van der Waals surface area contributed by atoms with E-state index in [1.54, 1.807) is 21.3 Å². The van der Waals surface area contributed by atoms with Crippen molar-refractivity contribution in [1.82, 2.24) is 4.98 Å². The fourth-order valence-electron chi connectivity index (χ4n) is 2.72. The molecule has 3 N–H and O–H groups in total. The standard InChI is InChI=1S/C17H22N2O3/c1-6-11-10(2)19-13(9-18)15(11)12-7-8-14(20-3)17(22-5)16(12)21-4/h6-8,19H,1,9,18H2,2-5H3. The second kappa shape index (κ2) is 6.58. The van der Waals surface area contributed by atoms with Gasteiger partial charge < -0.3 is 24.9 Å². The first kappa shape index (κ1) is 16.0. The smallest absolute Gasteiger partial charge is 0.203 e. The van der Waals surface area contributed by atoms with E-state index in [0.29, 0.717) is 23.8 Å². The average Bonchev–Trinajstić information content (AvgIpc) is 2.88. The molecule has 0 aliphatic heterocycles. The molecule has 0 fully saturated rings. The minimum Gasteiger partial charge on any atom is -0.493 e. The van der Waals surface area contributed by atoms with E-state index in [1.807, 2.05) is 25.1 Å². The molecule has 2 rings (SSSR count). The summed E-state index contributed by atoms with van der Waals surface area (Å²) < 4.78 is 16.4. The second-order valence-electron chi connectivity index (χ2n) is 4.81. The van der Waals surface area contributed by atoms with E-state index in [0.717, 1.165) is 28.1 Å². The zero-order chi connectivity index (χ0) is 16.3. The molecule has 0 radical (unpaired) electrons. The van der Waals surface area contributed by atoms with Gasteiger partial charge in [-0.15, -0.1) is 0 Å². The summed E-state index contributed by atoms with van der Waals surface area (Å²) >= 11 is 0. The quantitative estimate of drug-likeness (QED) is 0.860. The fourth-order valence-corrected chi connectivity index (χ4v) is 2.72. The highest BCUT2D eigenvalue weighted by Gasteiger charge is 2.22. The Bertz CT molecular complexity index is 690. The molecule has 0 aliphatic carbocycles. The normalized spacial score (nSPS) is 10.4. The van der Waals surface area contributed by atoms with Crippen molar-refractivity contribution in [2.75, 3.05) is 21.3 Å². The number of aromatic nitrogens is 1. The van der Waals surface area contributed by atoms with Gasteiger partial charge in [0, 0.05) is 34.6 Å². The molecule has 0 bridgehead atoms. The molecule has 0 atom stereocenters. The molecule has 118 valence electrons. The number of rotatable bonds is 6. The van der Waals surface area contributed by atoms with Crippen molar-refractivity contribution in [3.8, 4) is 28.4 Å². The Labute approximate surface area is 130 Å². The summed E-state index contributed by atoms with van der Waals surface area (Å²) in [5.74, 6) is 1.78. The summed E-state index contributed by atoms with van der Waals surface area (Å²) in [4.78, 5) is 3.31. The van der Waals surface area contributed by atoms with Crippen molar-refractivity contribution < 1.29 is 14.2 Å². The lowest BCUT2D eigenvalue weighted by atomic mass is 9.98. The summed E-state index contributed by atoms with van der Waals surface area (Å²) in [6, 6.07) is 3.79. The number of nitrogens with two attached hydrogens (primary N) is 1. The first-order valence-electron chi connectivity index (χ1n) is 6.96. The predicted molar refractivity (Wildman–Crippen MR) is 88.6 cm³/mol. The van der Waals surface area contributed by atoms with E-state index in [-0.39, 0.29) is 0 Å². The zero-order valence-corrected chi connectivity index (χ0v) is 13.4. The molecule has 5 nitrogen and oxygen atoms in total. The van der Waals surface area contributed by atoms with Crippen LogP contribution in [0, 0.1) is 6.92 Å². The first-order chi connectivity index (χ1) is 10.6. The highest BCUT2D eigenvalue weighted by Crippen LogP contribution is 2.46. The SMILES string of the molecule is C=Cc1c(C)[nH]c(CN)c1-c1ccc(OC)c(OC)c1OC. The number of nitrogens with one attached hydrogen (secondary N) is 1. The van der Waals surface area contributed by atoms with Crippen molar-refractivity contribution in [3.05, 3.63) is 35.7 Å². The molecule has 22 heavy (non-hydrogen) atoms. The average molecular weight is 302 g/mol. The lowest BCUT2D eigenvalue weighted by Crippen LogP contribution is -2.01. The van der Waals surface area contributed by atoms with Crippen molar-refractivity contribution >= 4 is 6.08 Å². The van der Waals surface area contributed by atoms with E-state index >= 15 is 0 Å². The van der Waals surface area contributed by atoms with Gasteiger partial charge in [-0.25, -0.2) is 0 Å². The molecule has 1 aromatic carbocycles. The van der Waals surface area contributed by atoms with Gasteiger partial charge in [0.25, 0.3) is 0 Å². The number of hydrogen-bond acceptors (Lipinski definition) is 4. The lowest BCUT2D eigenvalue weighted by molar-refractivity contribution is 0.325. The van der Waals surface area contributed by atoms with Crippen LogP contribution in [-0.4, -0.2) is 26.3 Å². The van der Waals surface area contributed by atoms with Crippen LogP contribution < -0.4 is 19.9 Å². The molecule has 5 heteroatoms. The summed E-state index contributed by atoms with van der Waals surface area (Å²) in [7, 11) is 4.79. The van der Waals surface area contributed by atoms with E-state index in [1.165, 1.54) is 0 Å². The summed E-state index contributed by atoms with van der Waals surface area (Å²) in [5, 5.41) is 0. The van der Waals surface area contributed by atoms with Crippen LogP contribution in [0.1, 0.15) is 17.0 Å². The summed E-state index contributed by atoms with van der Waals surface area (Å²) in [5.41, 5.74) is 10.7. The van der Waals surface area contributed by atoms with Gasteiger partial charge in [-0.2, -0.15) is 0 Å². The van der Waals surface area contributed by atoms with Gasteiger partial charge in [0.05, 0.1) is 21.3 Å². The van der Waals surface area contributed by atoms with Crippen molar-refractivity contribution in [1.29, 1.82) is 0 Å². The van der Waals surface area contributed by atoms with E-state index in [4.69, 9.17) is 19.9 Å². The molecule has 0 amide bonds. The van der Waals surface area contributed by atoms with E-state index in [9.17, 15) is 0 Å². The molecule has 0 aliphatic rings. The Morgan fingerprint density at radius 1 is 1.14 bits per heavy atom. The van der Waals surface area contributed by atoms with Gasteiger partial charge in [0.2, 0.25) is 5.75 Å². The zero-order valence-electron chi connectivity index (χ0n) is 13.4. The maximum absolute atomic E-state index is 5.88. The van der Waals surface area contributed by atoms with Crippen LogP contribution in [0.15, 0.2) is 18.7 Å². The maximum Gasteiger partial charge on any atom is 0.203 e. The summed E-state index contributed by atoms with van der Waals surface area (Å²) in [6.07, 6.45) is 1.82. The lowest BCUT2D eigenvalue weighted by Gasteiger charge is -2.16. The van der Waals surface area contributed by atoms with Crippen LogP contribution in [-0.2, 0) is 6.54 Å². The van der Waals surface area contributed by atoms with Crippen LogP contribution in [0.4, 0.5) is 0 Å². The Kier molecular flexibility index (Phi) is 4.78. The number of hydrogen-bond donors (Lipinski definition) is 2. The highest BCUT2D eigenvalue weighted by molar-refractivity contribution is 5.85. The van der Waals surface area contributed by atoms with Crippen LogP contribution in [0.3, 0.4) is 0 Å².